The number of carbonyl (C=O) groups is 1. The summed E-state index contributed by atoms with van der Waals surface area (Å²) in [6.07, 6.45) is 2.64. The van der Waals surface area contributed by atoms with E-state index in [1.54, 1.807) is 6.07 Å². The maximum Gasteiger partial charge on any atom is 0.172 e. The molecule has 4 nitrogen and oxygen atoms in total. The molecule has 1 aromatic carbocycles. The minimum atomic E-state index is -0.328. The fraction of sp³-hybridized carbons (Fsp3) is 0.417. The molecule has 1 aliphatic heterocycles. The van der Waals surface area contributed by atoms with E-state index in [0.717, 1.165) is 29.2 Å². The van der Waals surface area contributed by atoms with Crippen LogP contribution in [0.5, 0.6) is 11.5 Å². The van der Waals surface area contributed by atoms with Crippen molar-refractivity contribution in [2.24, 2.45) is 5.73 Å². The summed E-state index contributed by atoms with van der Waals surface area (Å²) in [7, 11) is 0. The van der Waals surface area contributed by atoms with E-state index in [0.29, 0.717) is 30.3 Å². The van der Waals surface area contributed by atoms with Gasteiger partial charge in [0, 0.05) is 15.6 Å². The number of hydrogen-bond acceptors (Lipinski definition) is 4. The summed E-state index contributed by atoms with van der Waals surface area (Å²) in [4.78, 5) is 11.0. The topological polar surface area (TPSA) is 61.6 Å². The Hall–Kier alpha value is -1.07. The molecule has 1 aliphatic carbocycles. The molecule has 90 valence electrons. The number of carbonyl (C=O) groups excluding carboxylic acids is 1. The molecule has 3 rings (SSSR count). The first-order valence-corrected chi connectivity index (χ1v) is 6.32. The van der Waals surface area contributed by atoms with E-state index >= 15 is 0 Å². The standard InChI is InChI=1S/C12H12BrNO3/c13-8-5-7(6-15)10-11(17-4-3-16-10)9(8)12(14)1-2-12/h5-6H,1-4,14H2. The molecule has 1 heterocycles. The molecular weight excluding hydrogens is 286 g/mol. The lowest BCUT2D eigenvalue weighted by Crippen LogP contribution is -2.25. The first-order chi connectivity index (χ1) is 8.15. The third-order valence-electron chi connectivity index (χ3n) is 3.21. The Morgan fingerprint density at radius 1 is 1.29 bits per heavy atom. The van der Waals surface area contributed by atoms with Crippen LogP contribution in [0.15, 0.2) is 10.5 Å². The van der Waals surface area contributed by atoms with Crippen LogP contribution in [-0.2, 0) is 5.54 Å². The molecule has 17 heavy (non-hydrogen) atoms. The van der Waals surface area contributed by atoms with Gasteiger partial charge in [0.2, 0.25) is 0 Å². The zero-order chi connectivity index (χ0) is 12.0. The highest BCUT2D eigenvalue weighted by Gasteiger charge is 2.45. The van der Waals surface area contributed by atoms with Gasteiger partial charge in [0.25, 0.3) is 0 Å². The molecule has 1 aromatic rings. The lowest BCUT2D eigenvalue weighted by molar-refractivity contribution is 0.111. The SMILES string of the molecule is NC1(c2c(Br)cc(C=O)c3c2OCCO3)CC1. The molecule has 2 aliphatic rings. The molecule has 1 fully saturated rings. The quantitative estimate of drug-likeness (QED) is 0.848. The summed E-state index contributed by atoms with van der Waals surface area (Å²) in [6.45, 7) is 0.956. The van der Waals surface area contributed by atoms with E-state index in [9.17, 15) is 4.79 Å². The Labute approximate surface area is 107 Å². The van der Waals surface area contributed by atoms with Crippen molar-refractivity contribution in [2.75, 3.05) is 13.2 Å². The first-order valence-electron chi connectivity index (χ1n) is 5.52. The van der Waals surface area contributed by atoms with Gasteiger partial charge in [-0.25, -0.2) is 0 Å². The molecule has 0 saturated heterocycles. The molecule has 0 atom stereocenters. The zero-order valence-electron chi connectivity index (χ0n) is 9.16. The minimum Gasteiger partial charge on any atom is -0.486 e. The Balaban J connectivity index is 2.24. The number of benzene rings is 1. The van der Waals surface area contributed by atoms with Crippen LogP contribution in [0.1, 0.15) is 28.8 Å². The van der Waals surface area contributed by atoms with Crippen LogP contribution in [0.3, 0.4) is 0 Å². The van der Waals surface area contributed by atoms with E-state index in [-0.39, 0.29) is 5.54 Å². The lowest BCUT2D eigenvalue weighted by atomic mass is 10.0. The fourth-order valence-electron chi connectivity index (χ4n) is 2.14. The van der Waals surface area contributed by atoms with Crippen molar-refractivity contribution in [3.63, 3.8) is 0 Å². The minimum absolute atomic E-state index is 0.328. The highest BCUT2D eigenvalue weighted by Crippen LogP contribution is 2.53. The first kappa shape index (κ1) is 11.0. The van der Waals surface area contributed by atoms with Gasteiger partial charge in [-0.1, -0.05) is 15.9 Å². The average molecular weight is 298 g/mol. The Morgan fingerprint density at radius 2 is 1.94 bits per heavy atom. The second kappa shape index (κ2) is 3.71. The predicted molar refractivity (Wildman–Crippen MR) is 65.6 cm³/mol. The second-order valence-electron chi connectivity index (χ2n) is 4.45. The van der Waals surface area contributed by atoms with Gasteiger partial charge in [0.05, 0.1) is 5.56 Å². The predicted octanol–water partition coefficient (Wildman–Crippen LogP) is 1.98. The monoisotopic (exact) mass is 297 g/mol. The van der Waals surface area contributed by atoms with Gasteiger partial charge in [-0.2, -0.15) is 0 Å². The average Bonchev–Trinajstić information content (AvgIpc) is 3.06. The molecular formula is C12H12BrNO3. The summed E-state index contributed by atoms with van der Waals surface area (Å²) in [5.74, 6) is 1.16. The Kier molecular flexibility index (Phi) is 2.41. The van der Waals surface area contributed by atoms with E-state index in [1.165, 1.54) is 0 Å². The van der Waals surface area contributed by atoms with Gasteiger partial charge in [0.15, 0.2) is 17.8 Å². The van der Waals surface area contributed by atoms with Crippen molar-refractivity contribution in [2.45, 2.75) is 18.4 Å². The molecule has 2 N–H and O–H groups in total. The van der Waals surface area contributed by atoms with Crippen LogP contribution < -0.4 is 15.2 Å². The number of aldehydes is 1. The van der Waals surface area contributed by atoms with Crippen LogP contribution >= 0.6 is 15.9 Å². The smallest absolute Gasteiger partial charge is 0.172 e. The van der Waals surface area contributed by atoms with Gasteiger partial charge >= 0.3 is 0 Å². The third-order valence-corrected chi connectivity index (χ3v) is 3.83. The highest BCUT2D eigenvalue weighted by atomic mass is 79.9. The van der Waals surface area contributed by atoms with E-state index < -0.39 is 0 Å². The summed E-state index contributed by atoms with van der Waals surface area (Å²) in [5, 5.41) is 0. The molecule has 0 aromatic heterocycles. The van der Waals surface area contributed by atoms with Crippen molar-refractivity contribution >= 4 is 22.2 Å². The third kappa shape index (κ3) is 1.65. The van der Waals surface area contributed by atoms with Crippen LogP contribution in [0.4, 0.5) is 0 Å². The second-order valence-corrected chi connectivity index (χ2v) is 5.31. The van der Waals surface area contributed by atoms with Gasteiger partial charge in [-0.15, -0.1) is 0 Å². The van der Waals surface area contributed by atoms with Gasteiger partial charge < -0.3 is 15.2 Å². The Bertz CT molecular complexity index is 497. The fourth-order valence-corrected chi connectivity index (χ4v) is 2.96. The van der Waals surface area contributed by atoms with Crippen LogP contribution in [0, 0.1) is 0 Å². The summed E-state index contributed by atoms with van der Waals surface area (Å²) < 4.78 is 12.0. The maximum absolute atomic E-state index is 11.0. The normalized spacial score (nSPS) is 19.9. The van der Waals surface area contributed by atoms with Gasteiger partial charge in [0.1, 0.15) is 13.2 Å². The zero-order valence-corrected chi connectivity index (χ0v) is 10.7. The molecule has 0 amide bonds. The van der Waals surface area contributed by atoms with E-state index in [2.05, 4.69) is 15.9 Å². The van der Waals surface area contributed by atoms with Crippen LogP contribution in [-0.4, -0.2) is 19.5 Å². The highest BCUT2D eigenvalue weighted by molar-refractivity contribution is 9.10. The summed E-state index contributed by atoms with van der Waals surface area (Å²) >= 11 is 3.47. The van der Waals surface area contributed by atoms with Crippen molar-refractivity contribution in [1.29, 1.82) is 0 Å². The van der Waals surface area contributed by atoms with Crippen molar-refractivity contribution < 1.29 is 14.3 Å². The van der Waals surface area contributed by atoms with Crippen molar-refractivity contribution in [1.82, 2.24) is 0 Å². The molecule has 5 heteroatoms. The number of halogens is 1. The number of fused-ring (bicyclic) bond motifs is 1. The molecule has 1 saturated carbocycles. The van der Waals surface area contributed by atoms with Gasteiger partial charge in [-0.3, -0.25) is 4.79 Å². The van der Waals surface area contributed by atoms with Crippen LogP contribution in [0.2, 0.25) is 0 Å². The largest absolute Gasteiger partial charge is 0.486 e. The molecule has 0 bridgehead atoms. The number of nitrogens with two attached hydrogens (primary N) is 1. The molecule has 0 radical (unpaired) electrons. The maximum atomic E-state index is 11.0. The van der Waals surface area contributed by atoms with Gasteiger partial charge in [-0.05, 0) is 18.9 Å². The molecule has 0 unspecified atom stereocenters. The van der Waals surface area contributed by atoms with Crippen LogP contribution in [0.25, 0.3) is 0 Å². The number of ether oxygens (including phenoxy) is 2. The summed E-state index contributed by atoms with van der Waals surface area (Å²) in [5.41, 5.74) is 7.33. The Morgan fingerprint density at radius 3 is 2.53 bits per heavy atom. The van der Waals surface area contributed by atoms with Crippen molar-refractivity contribution in [3.05, 3.63) is 21.7 Å². The van der Waals surface area contributed by atoms with Crippen molar-refractivity contribution in [3.8, 4) is 11.5 Å². The van der Waals surface area contributed by atoms with E-state index in [1.807, 2.05) is 0 Å². The lowest BCUT2D eigenvalue weighted by Gasteiger charge is -2.25. The summed E-state index contributed by atoms with van der Waals surface area (Å²) in [6, 6.07) is 1.75. The number of hydrogen-bond donors (Lipinski definition) is 1. The van der Waals surface area contributed by atoms with E-state index in [4.69, 9.17) is 15.2 Å². The molecule has 0 spiro atoms. The number of rotatable bonds is 2.